The van der Waals surface area contributed by atoms with Gasteiger partial charge in [0, 0.05) is 22.2 Å². The summed E-state index contributed by atoms with van der Waals surface area (Å²) in [7, 11) is 1.09. The van der Waals surface area contributed by atoms with Crippen LogP contribution in [0.25, 0.3) is 0 Å². The Morgan fingerprint density at radius 2 is 1.68 bits per heavy atom. The Labute approximate surface area is 166 Å². The minimum Gasteiger partial charge on any atom is -0.465 e. The molecule has 28 heavy (non-hydrogen) atoms. The van der Waals surface area contributed by atoms with Crippen molar-refractivity contribution in [1.29, 1.82) is 0 Å². The maximum absolute atomic E-state index is 14.1. The van der Waals surface area contributed by atoms with Gasteiger partial charge in [-0.3, -0.25) is 0 Å². The number of esters is 1. The predicted octanol–water partition coefficient (Wildman–Crippen LogP) is 4.79. The molecule has 0 atom stereocenters. The zero-order chi connectivity index (χ0) is 20.9. The van der Waals surface area contributed by atoms with E-state index in [0.717, 1.165) is 31.2 Å². The predicted molar refractivity (Wildman–Crippen MR) is 106 cm³/mol. The smallest absolute Gasteiger partial charge is 0.340 e. The molecule has 0 aliphatic rings. The van der Waals surface area contributed by atoms with E-state index in [1.165, 1.54) is 0 Å². The van der Waals surface area contributed by atoms with E-state index in [0.29, 0.717) is 10.6 Å². The molecule has 0 bridgehead atoms. The van der Waals surface area contributed by atoms with Gasteiger partial charge in [-0.2, -0.15) is 0 Å². The summed E-state index contributed by atoms with van der Waals surface area (Å²) in [5.41, 5.74) is -0.348. The molecule has 2 aromatic carbocycles. The largest absolute Gasteiger partial charge is 0.465 e. The summed E-state index contributed by atoms with van der Waals surface area (Å²) in [5.74, 6) is -2.62. The lowest BCUT2D eigenvalue weighted by molar-refractivity contribution is 0.0595. The van der Waals surface area contributed by atoms with Crippen LogP contribution in [0.2, 0.25) is 0 Å². The lowest BCUT2D eigenvalue weighted by Gasteiger charge is -2.20. The molecule has 0 unspecified atom stereocenters. The van der Waals surface area contributed by atoms with E-state index in [4.69, 9.17) is 0 Å². The first-order chi connectivity index (χ1) is 13.1. The highest BCUT2D eigenvalue weighted by atomic mass is 32.2. The molecule has 9 heteroatoms. The summed E-state index contributed by atoms with van der Waals surface area (Å²) < 4.78 is 35.1. The second-order valence-electron chi connectivity index (χ2n) is 6.86. The Morgan fingerprint density at radius 1 is 1.04 bits per heavy atom. The minimum atomic E-state index is -0.950. The van der Waals surface area contributed by atoms with E-state index in [9.17, 15) is 18.4 Å². The molecule has 0 radical (unpaired) electrons. The first kappa shape index (κ1) is 21.5. The van der Waals surface area contributed by atoms with E-state index in [1.54, 1.807) is 24.3 Å². The van der Waals surface area contributed by atoms with Crippen LogP contribution in [0.4, 0.5) is 25.0 Å². The topological polar surface area (TPSA) is 79.5 Å². The van der Waals surface area contributed by atoms with Crippen LogP contribution in [-0.4, -0.2) is 24.6 Å². The van der Waals surface area contributed by atoms with Crippen molar-refractivity contribution in [1.82, 2.24) is 5.32 Å². The van der Waals surface area contributed by atoms with Gasteiger partial charge in [0.2, 0.25) is 0 Å². The van der Waals surface area contributed by atoms with Gasteiger partial charge in [0.15, 0.2) is 0 Å². The standard InChI is InChI=1S/C19H21F2N3O3S/c1-19(2,3)23-18(26)22-11-5-7-12(8-6-11)28-24-16-10-14(20)13(9-15(16)21)17(25)27-4/h5-10,24H,1-4H3,(H2,22,23,26). The van der Waals surface area contributed by atoms with Crippen molar-refractivity contribution in [3.05, 3.63) is 53.6 Å². The number of anilines is 2. The van der Waals surface area contributed by atoms with Crippen molar-refractivity contribution in [3.63, 3.8) is 0 Å². The van der Waals surface area contributed by atoms with Crippen molar-refractivity contribution in [2.24, 2.45) is 0 Å². The molecule has 0 aromatic heterocycles. The van der Waals surface area contributed by atoms with Crippen molar-refractivity contribution in [3.8, 4) is 0 Å². The normalized spacial score (nSPS) is 10.9. The van der Waals surface area contributed by atoms with Crippen molar-refractivity contribution >= 4 is 35.3 Å². The van der Waals surface area contributed by atoms with Crippen LogP contribution in [-0.2, 0) is 4.74 Å². The molecule has 0 fully saturated rings. The van der Waals surface area contributed by atoms with Crippen LogP contribution in [0, 0.1) is 11.6 Å². The lowest BCUT2D eigenvalue weighted by atomic mass is 10.1. The van der Waals surface area contributed by atoms with Crippen molar-refractivity contribution in [2.75, 3.05) is 17.1 Å². The van der Waals surface area contributed by atoms with Gasteiger partial charge in [0.05, 0.1) is 18.4 Å². The Balaban J connectivity index is 1.99. The fraction of sp³-hybridized carbons (Fsp3) is 0.263. The van der Waals surface area contributed by atoms with Gasteiger partial charge in [-0.15, -0.1) is 0 Å². The number of carbonyl (C=O) groups excluding carboxylic acids is 2. The zero-order valence-electron chi connectivity index (χ0n) is 15.9. The summed E-state index contributed by atoms with van der Waals surface area (Å²) in [4.78, 5) is 23.9. The van der Waals surface area contributed by atoms with Crippen LogP contribution in [0.1, 0.15) is 31.1 Å². The van der Waals surface area contributed by atoms with Gasteiger partial charge >= 0.3 is 12.0 Å². The molecule has 0 spiro atoms. The van der Waals surface area contributed by atoms with Crippen molar-refractivity contribution in [2.45, 2.75) is 31.2 Å². The third-order valence-electron chi connectivity index (χ3n) is 3.34. The number of rotatable bonds is 5. The third-order valence-corrected chi connectivity index (χ3v) is 4.17. The van der Waals surface area contributed by atoms with Gasteiger partial charge in [0.1, 0.15) is 11.6 Å². The number of ether oxygens (including phenoxy) is 1. The van der Waals surface area contributed by atoms with Crippen LogP contribution in [0.15, 0.2) is 41.3 Å². The second kappa shape index (κ2) is 8.92. The van der Waals surface area contributed by atoms with Gasteiger partial charge in [-0.25, -0.2) is 18.4 Å². The fourth-order valence-corrected chi connectivity index (χ4v) is 2.77. The van der Waals surface area contributed by atoms with E-state index in [2.05, 4.69) is 20.1 Å². The highest BCUT2D eigenvalue weighted by molar-refractivity contribution is 8.00. The molecular weight excluding hydrogens is 388 g/mol. The summed E-state index contributed by atoms with van der Waals surface area (Å²) in [6.45, 7) is 5.62. The Morgan fingerprint density at radius 3 is 2.25 bits per heavy atom. The highest BCUT2D eigenvalue weighted by Crippen LogP contribution is 2.26. The first-order valence-corrected chi connectivity index (χ1v) is 9.10. The van der Waals surface area contributed by atoms with E-state index < -0.39 is 23.2 Å². The summed E-state index contributed by atoms with van der Waals surface area (Å²) in [6, 6.07) is 8.14. The van der Waals surface area contributed by atoms with E-state index in [1.807, 2.05) is 20.8 Å². The molecule has 6 nitrogen and oxygen atoms in total. The van der Waals surface area contributed by atoms with E-state index in [-0.39, 0.29) is 17.3 Å². The number of hydrogen-bond acceptors (Lipinski definition) is 5. The van der Waals surface area contributed by atoms with Crippen LogP contribution >= 0.6 is 11.9 Å². The number of benzene rings is 2. The van der Waals surface area contributed by atoms with Crippen LogP contribution in [0.3, 0.4) is 0 Å². The molecule has 0 saturated carbocycles. The second-order valence-corrected chi connectivity index (χ2v) is 7.74. The monoisotopic (exact) mass is 409 g/mol. The summed E-state index contributed by atoms with van der Waals surface area (Å²) >= 11 is 1.05. The van der Waals surface area contributed by atoms with Gasteiger partial charge in [-0.1, -0.05) is 0 Å². The Hall–Kier alpha value is -2.81. The molecular formula is C19H21F2N3O3S. The number of halogens is 2. The molecule has 0 heterocycles. The quantitative estimate of drug-likeness (QED) is 0.489. The number of nitrogens with one attached hydrogen (secondary N) is 3. The van der Waals surface area contributed by atoms with Gasteiger partial charge < -0.3 is 20.1 Å². The fourth-order valence-electron chi connectivity index (χ4n) is 2.11. The van der Waals surface area contributed by atoms with Gasteiger partial charge in [0.25, 0.3) is 0 Å². The number of carbonyl (C=O) groups is 2. The molecule has 2 rings (SSSR count). The molecule has 2 amide bonds. The Bertz CT molecular complexity index is 868. The van der Waals surface area contributed by atoms with Gasteiger partial charge in [-0.05, 0) is 63.1 Å². The molecule has 0 saturated heterocycles. The maximum atomic E-state index is 14.1. The molecule has 0 aliphatic heterocycles. The average molecular weight is 409 g/mol. The van der Waals surface area contributed by atoms with E-state index >= 15 is 0 Å². The maximum Gasteiger partial charge on any atom is 0.340 e. The molecule has 3 N–H and O–H groups in total. The minimum absolute atomic E-state index is 0.109. The van der Waals surface area contributed by atoms with Crippen LogP contribution in [0.5, 0.6) is 0 Å². The SMILES string of the molecule is COC(=O)c1cc(F)c(NSc2ccc(NC(=O)NC(C)(C)C)cc2)cc1F. The summed E-state index contributed by atoms with van der Waals surface area (Å²) in [6.07, 6.45) is 0. The third kappa shape index (κ3) is 6.12. The number of hydrogen-bond donors (Lipinski definition) is 3. The number of urea groups is 1. The molecule has 150 valence electrons. The number of methoxy groups -OCH3 is 1. The van der Waals surface area contributed by atoms with Crippen LogP contribution < -0.4 is 15.4 Å². The highest BCUT2D eigenvalue weighted by Gasteiger charge is 2.17. The number of amides is 2. The zero-order valence-corrected chi connectivity index (χ0v) is 16.7. The lowest BCUT2D eigenvalue weighted by Crippen LogP contribution is -2.43. The molecule has 0 aliphatic carbocycles. The van der Waals surface area contributed by atoms with Crippen molar-refractivity contribution < 1.29 is 23.1 Å². The summed E-state index contributed by atoms with van der Waals surface area (Å²) in [5, 5.41) is 5.48. The molecule has 2 aromatic rings. The Kier molecular flexibility index (Phi) is 6.85. The first-order valence-electron chi connectivity index (χ1n) is 8.28. The average Bonchev–Trinajstić information content (AvgIpc) is 2.61.